The van der Waals surface area contributed by atoms with Crippen LogP contribution in [0, 0.1) is 11.6 Å². The molecule has 0 heterocycles. The predicted molar refractivity (Wildman–Crippen MR) is 45.2 cm³/mol. The Balaban J connectivity index is 3.60. The van der Waals surface area contributed by atoms with E-state index in [1.165, 1.54) is 0 Å². The van der Waals surface area contributed by atoms with E-state index in [4.69, 9.17) is 34.7 Å². The third-order valence-corrected chi connectivity index (χ3v) is 2.07. The number of nitrogens with two attached hydrogens (primary N) is 2. The van der Waals surface area contributed by atoms with Crippen LogP contribution in [0.15, 0.2) is 0 Å². The summed E-state index contributed by atoms with van der Waals surface area (Å²) >= 11 is 10.6. The molecule has 0 amide bonds. The van der Waals surface area contributed by atoms with E-state index in [0.29, 0.717) is 0 Å². The quantitative estimate of drug-likeness (QED) is 0.395. The molecule has 0 aliphatic carbocycles. The summed E-state index contributed by atoms with van der Waals surface area (Å²) in [5.41, 5.74) is 9.07. The molecule has 6 heteroatoms. The van der Waals surface area contributed by atoms with Gasteiger partial charge in [0.1, 0.15) is 10.0 Å². The first-order valence-electron chi connectivity index (χ1n) is 2.83. The minimum absolute atomic E-state index is 0.531. The Kier molecular flexibility index (Phi) is 2.30. The summed E-state index contributed by atoms with van der Waals surface area (Å²) in [7, 11) is 0. The summed E-state index contributed by atoms with van der Waals surface area (Å²) < 4.78 is 25.7. The molecule has 0 saturated heterocycles. The molecule has 12 heavy (non-hydrogen) atoms. The van der Waals surface area contributed by atoms with E-state index < -0.39 is 33.1 Å². The fourth-order valence-corrected chi connectivity index (χ4v) is 1.07. The molecule has 0 radical (unpaired) electrons. The van der Waals surface area contributed by atoms with Crippen LogP contribution in [0.2, 0.25) is 10.0 Å². The highest BCUT2D eigenvalue weighted by Crippen LogP contribution is 2.36. The zero-order valence-electron chi connectivity index (χ0n) is 5.67. The van der Waals surface area contributed by atoms with Gasteiger partial charge in [-0.05, 0) is 0 Å². The van der Waals surface area contributed by atoms with Gasteiger partial charge in [0.05, 0.1) is 11.4 Å². The van der Waals surface area contributed by atoms with Crippen LogP contribution in [-0.2, 0) is 0 Å². The normalized spacial score (nSPS) is 10.3. The molecule has 4 N–H and O–H groups in total. The second-order valence-corrected chi connectivity index (χ2v) is 2.84. The highest BCUT2D eigenvalue weighted by molar-refractivity contribution is 6.38. The molecule has 0 aliphatic rings. The molecule has 0 aromatic heterocycles. The molecule has 66 valence electrons. The Morgan fingerprint density at radius 1 is 0.833 bits per heavy atom. The monoisotopic (exact) mass is 212 g/mol. The minimum atomic E-state index is -1.00. The Bertz CT molecular complexity index is 236. The van der Waals surface area contributed by atoms with E-state index in [0.717, 1.165) is 0 Å². The summed E-state index contributed by atoms with van der Waals surface area (Å²) in [6, 6.07) is 0. The van der Waals surface area contributed by atoms with Gasteiger partial charge in [0.15, 0.2) is 11.6 Å². The van der Waals surface area contributed by atoms with Crippen LogP contribution in [0.1, 0.15) is 0 Å². The van der Waals surface area contributed by atoms with E-state index >= 15 is 0 Å². The average molecular weight is 213 g/mol. The fourth-order valence-electron chi connectivity index (χ4n) is 0.671. The first-order valence-corrected chi connectivity index (χ1v) is 3.59. The Morgan fingerprint density at radius 3 is 1.50 bits per heavy atom. The van der Waals surface area contributed by atoms with Crippen molar-refractivity contribution in [2.45, 2.75) is 0 Å². The first kappa shape index (κ1) is 9.35. The first-order chi connectivity index (χ1) is 5.46. The molecule has 0 fully saturated rings. The lowest BCUT2D eigenvalue weighted by molar-refractivity contribution is 0.609. The van der Waals surface area contributed by atoms with Crippen molar-refractivity contribution in [1.29, 1.82) is 0 Å². The molecular formula is C6H4Cl2F2N2. The summed E-state index contributed by atoms with van der Waals surface area (Å²) in [6.45, 7) is 0. The zero-order chi connectivity index (χ0) is 9.46. The van der Waals surface area contributed by atoms with Crippen LogP contribution in [0.3, 0.4) is 0 Å². The molecular weight excluding hydrogens is 209 g/mol. The van der Waals surface area contributed by atoms with Crippen LogP contribution in [-0.4, -0.2) is 0 Å². The number of halogens is 4. The molecule has 1 aromatic rings. The third kappa shape index (κ3) is 1.17. The number of rotatable bonds is 0. The van der Waals surface area contributed by atoms with Gasteiger partial charge in [-0.25, -0.2) is 8.78 Å². The van der Waals surface area contributed by atoms with Crippen molar-refractivity contribution in [3.05, 3.63) is 21.7 Å². The van der Waals surface area contributed by atoms with E-state index in [2.05, 4.69) is 0 Å². The van der Waals surface area contributed by atoms with Gasteiger partial charge in [-0.2, -0.15) is 0 Å². The molecule has 2 nitrogen and oxygen atoms in total. The Morgan fingerprint density at radius 2 is 1.17 bits per heavy atom. The topological polar surface area (TPSA) is 52.0 Å². The summed E-state index contributed by atoms with van der Waals surface area (Å²) in [5, 5.41) is -1.10. The standard InChI is InChI=1S/C6H4Cl2F2N2/c7-1-3(9)2(8)6(12)4(10)5(1)11/h11-12H2. The van der Waals surface area contributed by atoms with Crippen molar-refractivity contribution in [3.63, 3.8) is 0 Å². The van der Waals surface area contributed by atoms with Gasteiger partial charge in [-0.15, -0.1) is 0 Å². The second kappa shape index (κ2) is 2.95. The summed E-state index contributed by atoms with van der Waals surface area (Å²) in [4.78, 5) is 0. The van der Waals surface area contributed by atoms with E-state index in [9.17, 15) is 8.78 Å². The van der Waals surface area contributed by atoms with Crippen LogP contribution >= 0.6 is 23.2 Å². The van der Waals surface area contributed by atoms with Crippen molar-refractivity contribution in [2.75, 3.05) is 11.5 Å². The van der Waals surface area contributed by atoms with Crippen molar-refractivity contribution >= 4 is 34.6 Å². The Labute approximate surface area is 77.0 Å². The van der Waals surface area contributed by atoms with Gasteiger partial charge in [0.25, 0.3) is 0 Å². The molecule has 0 bridgehead atoms. The van der Waals surface area contributed by atoms with E-state index in [-0.39, 0.29) is 0 Å². The maximum atomic E-state index is 12.8. The van der Waals surface area contributed by atoms with Gasteiger partial charge >= 0.3 is 0 Å². The lowest BCUT2D eigenvalue weighted by Gasteiger charge is -2.06. The second-order valence-electron chi connectivity index (χ2n) is 2.08. The predicted octanol–water partition coefficient (Wildman–Crippen LogP) is 2.44. The van der Waals surface area contributed by atoms with Gasteiger partial charge in [0, 0.05) is 0 Å². The SMILES string of the molecule is Nc1c(F)c(N)c(Cl)c(F)c1Cl. The van der Waals surface area contributed by atoms with Gasteiger partial charge in [0.2, 0.25) is 0 Å². The summed E-state index contributed by atoms with van der Waals surface area (Å²) in [6.07, 6.45) is 0. The van der Waals surface area contributed by atoms with Crippen molar-refractivity contribution in [2.24, 2.45) is 0 Å². The molecule has 1 aromatic carbocycles. The molecule has 0 spiro atoms. The summed E-state index contributed by atoms with van der Waals surface area (Å²) in [5.74, 6) is -2.00. The highest BCUT2D eigenvalue weighted by atomic mass is 35.5. The maximum absolute atomic E-state index is 12.8. The molecule has 0 aliphatic heterocycles. The number of anilines is 2. The van der Waals surface area contributed by atoms with Crippen LogP contribution in [0.5, 0.6) is 0 Å². The number of hydrogen-bond donors (Lipinski definition) is 2. The van der Waals surface area contributed by atoms with Gasteiger partial charge in [-0.1, -0.05) is 23.2 Å². The lowest BCUT2D eigenvalue weighted by atomic mass is 10.2. The molecule has 1 rings (SSSR count). The largest absolute Gasteiger partial charge is 0.395 e. The molecule has 0 unspecified atom stereocenters. The fraction of sp³-hybridized carbons (Fsp3) is 0. The average Bonchev–Trinajstić information content (AvgIpc) is 2.08. The van der Waals surface area contributed by atoms with E-state index in [1.54, 1.807) is 0 Å². The van der Waals surface area contributed by atoms with Crippen molar-refractivity contribution in [1.82, 2.24) is 0 Å². The number of nitrogen functional groups attached to an aromatic ring is 2. The number of hydrogen-bond acceptors (Lipinski definition) is 2. The zero-order valence-corrected chi connectivity index (χ0v) is 7.18. The van der Waals surface area contributed by atoms with Crippen molar-refractivity contribution in [3.8, 4) is 0 Å². The van der Waals surface area contributed by atoms with Crippen LogP contribution in [0.4, 0.5) is 20.2 Å². The van der Waals surface area contributed by atoms with Gasteiger partial charge in [-0.3, -0.25) is 0 Å². The van der Waals surface area contributed by atoms with E-state index in [1.807, 2.05) is 0 Å². The minimum Gasteiger partial charge on any atom is -0.395 e. The lowest BCUT2D eigenvalue weighted by Crippen LogP contribution is -2.01. The molecule has 0 atom stereocenters. The van der Waals surface area contributed by atoms with Crippen LogP contribution in [0.25, 0.3) is 0 Å². The third-order valence-electron chi connectivity index (χ3n) is 1.33. The number of benzene rings is 1. The maximum Gasteiger partial charge on any atom is 0.172 e. The van der Waals surface area contributed by atoms with Crippen molar-refractivity contribution < 1.29 is 8.78 Å². The van der Waals surface area contributed by atoms with Gasteiger partial charge < -0.3 is 11.5 Å². The molecule has 0 saturated carbocycles. The van der Waals surface area contributed by atoms with Crippen LogP contribution < -0.4 is 11.5 Å². The smallest absolute Gasteiger partial charge is 0.172 e. The Hall–Kier alpha value is -0.740. The highest BCUT2D eigenvalue weighted by Gasteiger charge is 2.18.